The van der Waals surface area contributed by atoms with Crippen molar-refractivity contribution in [3.05, 3.63) is 24.0 Å². The van der Waals surface area contributed by atoms with Gasteiger partial charge in [0.25, 0.3) is 0 Å². The van der Waals surface area contributed by atoms with E-state index in [9.17, 15) is 0 Å². The largest absolute Gasteiger partial charge is 0.489 e. The molecule has 4 heteroatoms. The number of ether oxygens (including phenoxy) is 2. The van der Waals surface area contributed by atoms with Crippen LogP contribution >= 0.6 is 0 Å². The molecule has 0 spiro atoms. The summed E-state index contributed by atoms with van der Waals surface area (Å²) in [6.07, 6.45) is 7.87. The van der Waals surface area contributed by atoms with Gasteiger partial charge < -0.3 is 14.8 Å². The summed E-state index contributed by atoms with van der Waals surface area (Å²) in [5.74, 6) is 0.862. The Bertz CT molecular complexity index is 390. The summed E-state index contributed by atoms with van der Waals surface area (Å²) in [7, 11) is 3.75. The fourth-order valence-electron chi connectivity index (χ4n) is 2.84. The molecule has 1 saturated carbocycles. The van der Waals surface area contributed by atoms with Crippen LogP contribution in [0.15, 0.2) is 18.3 Å². The average molecular weight is 278 g/mol. The molecule has 0 aliphatic heterocycles. The summed E-state index contributed by atoms with van der Waals surface area (Å²) in [6.45, 7) is 2.15. The van der Waals surface area contributed by atoms with Crippen LogP contribution in [0.5, 0.6) is 5.75 Å². The van der Waals surface area contributed by atoms with Crippen molar-refractivity contribution in [1.82, 2.24) is 10.3 Å². The molecule has 1 fully saturated rings. The lowest BCUT2D eigenvalue weighted by Gasteiger charge is -2.28. The number of aromatic nitrogens is 1. The minimum Gasteiger partial charge on any atom is -0.489 e. The molecule has 1 N–H and O–H groups in total. The second-order valence-electron chi connectivity index (χ2n) is 5.43. The molecule has 1 aromatic rings. The fourth-order valence-corrected chi connectivity index (χ4v) is 2.84. The van der Waals surface area contributed by atoms with Gasteiger partial charge >= 0.3 is 0 Å². The maximum atomic E-state index is 6.03. The number of nitrogens with one attached hydrogen (secondary N) is 1. The van der Waals surface area contributed by atoms with Crippen LogP contribution in [0, 0.1) is 0 Å². The molecule has 2 rings (SSSR count). The zero-order chi connectivity index (χ0) is 14.4. The second kappa shape index (κ2) is 7.60. The van der Waals surface area contributed by atoms with Gasteiger partial charge in [-0.25, -0.2) is 0 Å². The molecule has 0 radical (unpaired) electrons. The molecule has 1 heterocycles. The van der Waals surface area contributed by atoms with Crippen molar-refractivity contribution in [2.24, 2.45) is 0 Å². The van der Waals surface area contributed by atoms with Gasteiger partial charge in [0, 0.05) is 19.6 Å². The van der Waals surface area contributed by atoms with E-state index in [1.807, 2.05) is 19.3 Å². The highest BCUT2D eigenvalue weighted by molar-refractivity contribution is 5.22. The van der Waals surface area contributed by atoms with Crippen molar-refractivity contribution >= 4 is 0 Å². The van der Waals surface area contributed by atoms with Crippen molar-refractivity contribution in [3.8, 4) is 5.75 Å². The van der Waals surface area contributed by atoms with Crippen LogP contribution in [0.2, 0.25) is 0 Å². The summed E-state index contributed by atoms with van der Waals surface area (Å²) in [5.41, 5.74) is 1.07. The van der Waals surface area contributed by atoms with Crippen molar-refractivity contribution in [2.45, 2.75) is 57.3 Å². The Balaban J connectivity index is 1.93. The van der Waals surface area contributed by atoms with E-state index in [2.05, 4.69) is 23.3 Å². The van der Waals surface area contributed by atoms with Gasteiger partial charge in [0.15, 0.2) is 0 Å². The molecule has 112 valence electrons. The standard InChI is InChI=1S/C16H26N2O2/c1-4-15(17-2)16-9-8-14(11-18-16)20-13-7-5-6-12(10-13)19-3/h8-9,11-13,15,17H,4-7,10H2,1-3H3. The van der Waals surface area contributed by atoms with Crippen LogP contribution in [-0.2, 0) is 4.74 Å². The summed E-state index contributed by atoms with van der Waals surface area (Å²) in [4.78, 5) is 4.51. The van der Waals surface area contributed by atoms with Crippen LogP contribution in [0.4, 0.5) is 0 Å². The third-order valence-corrected chi connectivity index (χ3v) is 4.09. The topological polar surface area (TPSA) is 43.4 Å². The van der Waals surface area contributed by atoms with Gasteiger partial charge in [-0.05, 0) is 44.9 Å². The van der Waals surface area contributed by atoms with E-state index in [1.165, 1.54) is 6.42 Å². The van der Waals surface area contributed by atoms with E-state index in [-0.39, 0.29) is 6.10 Å². The van der Waals surface area contributed by atoms with Crippen molar-refractivity contribution in [3.63, 3.8) is 0 Å². The first kappa shape index (κ1) is 15.3. The molecule has 0 amide bonds. The van der Waals surface area contributed by atoms with Crippen LogP contribution in [-0.4, -0.2) is 31.3 Å². The Morgan fingerprint density at radius 2 is 2.15 bits per heavy atom. The number of nitrogens with zero attached hydrogens (tertiary/aromatic N) is 1. The predicted octanol–water partition coefficient (Wildman–Crippen LogP) is 3.09. The van der Waals surface area contributed by atoms with Crippen molar-refractivity contribution < 1.29 is 9.47 Å². The number of hydrogen-bond acceptors (Lipinski definition) is 4. The number of pyridine rings is 1. The highest BCUT2D eigenvalue weighted by atomic mass is 16.5. The molecule has 3 unspecified atom stereocenters. The second-order valence-corrected chi connectivity index (χ2v) is 5.43. The first-order valence-corrected chi connectivity index (χ1v) is 7.59. The van der Waals surface area contributed by atoms with E-state index >= 15 is 0 Å². The Morgan fingerprint density at radius 3 is 2.75 bits per heavy atom. The maximum absolute atomic E-state index is 6.03. The fraction of sp³-hybridized carbons (Fsp3) is 0.688. The molecule has 0 aromatic carbocycles. The third kappa shape index (κ3) is 3.93. The highest BCUT2D eigenvalue weighted by Gasteiger charge is 2.23. The molecule has 0 saturated heterocycles. The molecular weight excluding hydrogens is 252 g/mol. The van der Waals surface area contributed by atoms with Crippen LogP contribution in [0.25, 0.3) is 0 Å². The van der Waals surface area contributed by atoms with E-state index in [0.29, 0.717) is 12.1 Å². The molecule has 20 heavy (non-hydrogen) atoms. The number of rotatable bonds is 6. The first-order chi connectivity index (χ1) is 9.76. The molecule has 1 aliphatic rings. The van der Waals surface area contributed by atoms with E-state index < -0.39 is 0 Å². The van der Waals surface area contributed by atoms with Gasteiger partial charge in [-0.1, -0.05) is 6.92 Å². The quantitative estimate of drug-likeness (QED) is 0.868. The summed E-state index contributed by atoms with van der Waals surface area (Å²) >= 11 is 0. The first-order valence-electron chi connectivity index (χ1n) is 7.59. The van der Waals surface area contributed by atoms with Gasteiger partial charge in [-0.3, -0.25) is 4.98 Å². The zero-order valence-corrected chi connectivity index (χ0v) is 12.8. The SMILES string of the molecule is CCC(NC)c1ccc(OC2CCCC(OC)C2)cn1. The lowest BCUT2D eigenvalue weighted by Crippen LogP contribution is -2.29. The Morgan fingerprint density at radius 1 is 1.35 bits per heavy atom. The van der Waals surface area contributed by atoms with E-state index in [4.69, 9.17) is 9.47 Å². The molecule has 0 bridgehead atoms. The molecule has 1 aliphatic carbocycles. The lowest BCUT2D eigenvalue weighted by atomic mass is 9.95. The lowest BCUT2D eigenvalue weighted by molar-refractivity contribution is 0.0208. The molecule has 3 atom stereocenters. The molecule has 4 nitrogen and oxygen atoms in total. The number of methoxy groups -OCH3 is 1. The average Bonchev–Trinajstić information content (AvgIpc) is 2.50. The van der Waals surface area contributed by atoms with Gasteiger partial charge in [-0.2, -0.15) is 0 Å². The Labute approximate surface area is 121 Å². The summed E-state index contributed by atoms with van der Waals surface area (Å²) in [6, 6.07) is 4.40. The van der Waals surface area contributed by atoms with Crippen LogP contribution in [0.1, 0.15) is 50.8 Å². The minimum atomic E-state index is 0.257. The maximum Gasteiger partial charge on any atom is 0.138 e. The van der Waals surface area contributed by atoms with E-state index in [1.54, 1.807) is 7.11 Å². The van der Waals surface area contributed by atoms with Gasteiger partial charge in [-0.15, -0.1) is 0 Å². The Hall–Kier alpha value is -1.13. The van der Waals surface area contributed by atoms with Gasteiger partial charge in [0.2, 0.25) is 0 Å². The zero-order valence-electron chi connectivity index (χ0n) is 12.8. The highest BCUT2D eigenvalue weighted by Crippen LogP contribution is 2.25. The third-order valence-electron chi connectivity index (χ3n) is 4.09. The smallest absolute Gasteiger partial charge is 0.138 e. The predicted molar refractivity (Wildman–Crippen MR) is 80.0 cm³/mol. The van der Waals surface area contributed by atoms with Gasteiger partial charge in [0.05, 0.1) is 18.0 Å². The molecule has 1 aromatic heterocycles. The normalized spacial score (nSPS) is 24.4. The van der Waals surface area contributed by atoms with Gasteiger partial charge in [0.1, 0.15) is 11.9 Å². The summed E-state index contributed by atoms with van der Waals surface area (Å²) < 4.78 is 11.5. The minimum absolute atomic E-state index is 0.257. The summed E-state index contributed by atoms with van der Waals surface area (Å²) in [5, 5.41) is 3.26. The van der Waals surface area contributed by atoms with Crippen LogP contribution < -0.4 is 10.1 Å². The Kier molecular flexibility index (Phi) is 5.80. The van der Waals surface area contributed by atoms with Crippen LogP contribution in [0.3, 0.4) is 0 Å². The monoisotopic (exact) mass is 278 g/mol. The molecular formula is C16H26N2O2. The number of hydrogen-bond donors (Lipinski definition) is 1. The van der Waals surface area contributed by atoms with E-state index in [0.717, 1.165) is 37.1 Å². The van der Waals surface area contributed by atoms with Crippen molar-refractivity contribution in [2.75, 3.05) is 14.2 Å². The van der Waals surface area contributed by atoms with Crippen molar-refractivity contribution in [1.29, 1.82) is 0 Å².